The smallest absolute Gasteiger partial charge is 0.146 e. The Kier molecular flexibility index (Phi) is 6.90. The summed E-state index contributed by atoms with van der Waals surface area (Å²) in [4.78, 5) is 4.42. The van der Waals surface area contributed by atoms with E-state index in [1.807, 2.05) is 5.38 Å². The molecule has 2 aromatic rings. The van der Waals surface area contributed by atoms with Gasteiger partial charge < -0.3 is 4.74 Å². The van der Waals surface area contributed by atoms with E-state index in [-0.39, 0.29) is 0 Å². The second-order valence-electron chi connectivity index (χ2n) is 3.66. The highest BCUT2D eigenvalue weighted by atomic mass is 127. The third-order valence-corrected chi connectivity index (χ3v) is 5.72. The summed E-state index contributed by atoms with van der Waals surface area (Å²) in [7, 11) is 0. The Morgan fingerprint density at radius 2 is 1.89 bits per heavy atom. The normalized spacial score (nSPS) is 10.7. The second kappa shape index (κ2) is 7.95. The summed E-state index contributed by atoms with van der Waals surface area (Å²) in [6.07, 6.45) is 0.819. The fourth-order valence-electron chi connectivity index (χ4n) is 1.43. The van der Waals surface area contributed by atoms with Gasteiger partial charge in [0.2, 0.25) is 0 Å². The Hall–Kier alpha value is 1.13. The lowest BCUT2D eigenvalue weighted by atomic mass is 10.3. The molecule has 0 aliphatic rings. The highest BCUT2D eigenvalue weighted by Gasteiger charge is 2.08. The molecule has 0 aliphatic carbocycles. The van der Waals surface area contributed by atoms with Gasteiger partial charge in [0.25, 0.3) is 0 Å². The van der Waals surface area contributed by atoms with Crippen LogP contribution in [0.2, 0.25) is 0 Å². The van der Waals surface area contributed by atoms with Crippen LogP contribution in [-0.2, 0) is 12.3 Å². The lowest BCUT2D eigenvalue weighted by Gasteiger charge is -2.10. The van der Waals surface area contributed by atoms with Crippen LogP contribution >= 0.6 is 90.7 Å². The summed E-state index contributed by atoms with van der Waals surface area (Å²) in [5, 5.41) is 3.08. The van der Waals surface area contributed by atoms with Crippen molar-refractivity contribution in [3.63, 3.8) is 0 Å². The zero-order valence-electron chi connectivity index (χ0n) is 9.63. The number of aromatic nitrogens is 1. The van der Waals surface area contributed by atoms with Crippen molar-refractivity contribution in [1.82, 2.24) is 4.98 Å². The molecular formula is C12H9ClI3NOS. The quantitative estimate of drug-likeness (QED) is 0.330. The number of nitrogens with zero attached hydrogens (tertiary/aromatic N) is 1. The fourth-order valence-corrected chi connectivity index (χ4v) is 6.33. The second-order valence-corrected chi connectivity index (χ2v) is 8.44. The van der Waals surface area contributed by atoms with Crippen LogP contribution in [0.15, 0.2) is 17.5 Å². The molecule has 1 aromatic heterocycles. The van der Waals surface area contributed by atoms with Crippen LogP contribution in [-0.4, -0.2) is 11.6 Å². The minimum Gasteiger partial charge on any atom is -0.491 e. The van der Waals surface area contributed by atoms with Crippen molar-refractivity contribution < 1.29 is 4.74 Å². The van der Waals surface area contributed by atoms with Crippen LogP contribution in [0, 0.1) is 10.7 Å². The summed E-state index contributed by atoms with van der Waals surface area (Å²) >= 11 is 14.3. The Balaban J connectivity index is 1.96. The highest BCUT2D eigenvalue weighted by molar-refractivity contribution is 14.1. The van der Waals surface area contributed by atoms with E-state index in [9.17, 15) is 0 Å². The number of alkyl halides is 1. The predicted octanol–water partition coefficient (Wildman–Crippen LogP) is 5.32. The molecule has 0 atom stereocenters. The van der Waals surface area contributed by atoms with Crippen molar-refractivity contribution >= 4 is 90.7 Å². The first-order chi connectivity index (χ1) is 9.10. The first kappa shape index (κ1) is 16.5. The molecule has 0 saturated carbocycles. The maximum atomic E-state index is 5.88. The van der Waals surface area contributed by atoms with Crippen LogP contribution in [0.25, 0.3) is 0 Å². The molecule has 0 radical (unpaired) electrons. The van der Waals surface area contributed by atoms with Crippen molar-refractivity contribution in [3.8, 4) is 5.75 Å². The van der Waals surface area contributed by atoms with E-state index >= 15 is 0 Å². The Labute approximate surface area is 162 Å². The molecule has 0 amide bonds. The number of halogens is 4. The maximum absolute atomic E-state index is 5.88. The van der Waals surface area contributed by atoms with Gasteiger partial charge in [0.1, 0.15) is 5.75 Å². The summed E-state index contributed by atoms with van der Waals surface area (Å²) < 4.78 is 9.41. The van der Waals surface area contributed by atoms with Gasteiger partial charge in [-0.25, -0.2) is 4.98 Å². The number of rotatable bonds is 5. The Morgan fingerprint density at radius 3 is 2.47 bits per heavy atom. The molecule has 19 heavy (non-hydrogen) atoms. The van der Waals surface area contributed by atoms with Gasteiger partial charge in [0, 0.05) is 15.4 Å². The molecule has 0 saturated heterocycles. The molecule has 0 aliphatic heterocycles. The van der Waals surface area contributed by atoms with E-state index in [2.05, 4.69) is 84.9 Å². The van der Waals surface area contributed by atoms with E-state index in [4.69, 9.17) is 16.3 Å². The summed E-state index contributed by atoms with van der Waals surface area (Å²) in [6.45, 7) is 0.641. The first-order valence-electron chi connectivity index (χ1n) is 5.36. The van der Waals surface area contributed by atoms with Crippen molar-refractivity contribution in [1.29, 1.82) is 0 Å². The first-order valence-corrected chi connectivity index (χ1v) is 10.0. The van der Waals surface area contributed by atoms with Gasteiger partial charge in [-0.2, -0.15) is 0 Å². The van der Waals surface area contributed by atoms with E-state index in [1.165, 1.54) is 3.57 Å². The molecule has 0 bridgehead atoms. The molecule has 2 rings (SSSR count). The van der Waals surface area contributed by atoms with Crippen LogP contribution in [0.4, 0.5) is 0 Å². The molecule has 0 fully saturated rings. The van der Waals surface area contributed by atoms with Crippen molar-refractivity contribution in [2.45, 2.75) is 12.3 Å². The molecule has 0 spiro atoms. The monoisotopic (exact) mass is 631 g/mol. The molecule has 0 unspecified atom stereocenters. The molecule has 2 nitrogen and oxygen atoms in total. The van der Waals surface area contributed by atoms with Crippen molar-refractivity contribution in [3.05, 3.63) is 38.9 Å². The third-order valence-electron chi connectivity index (χ3n) is 2.26. The molecule has 102 valence electrons. The fraction of sp³-hybridized carbons (Fsp3) is 0.250. The molecular weight excluding hydrogens is 622 g/mol. The number of thiazole rings is 1. The number of ether oxygens (including phenoxy) is 1. The van der Waals surface area contributed by atoms with Crippen LogP contribution in [0.5, 0.6) is 5.75 Å². The van der Waals surface area contributed by atoms with Gasteiger partial charge in [0.15, 0.2) is 0 Å². The van der Waals surface area contributed by atoms with E-state index in [0.717, 1.165) is 30.0 Å². The number of hydrogen-bond acceptors (Lipinski definition) is 3. The largest absolute Gasteiger partial charge is 0.491 e. The van der Waals surface area contributed by atoms with Crippen LogP contribution < -0.4 is 4.74 Å². The number of hydrogen-bond donors (Lipinski definition) is 0. The lowest BCUT2D eigenvalue weighted by molar-refractivity contribution is 0.317. The van der Waals surface area contributed by atoms with Crippen molar-refractivity contribution in [2.75, 3.05) is 6.61 Å². The third kappa shape index (κ3) is 4.82. The van der Waals surface area contributed by atoms with Gasteiger partial charge in [-0.15, -0.1) is 22.9 Å². The zero-order valence-corrected chi connectivity index (χ0v) is 17.7. The molecule has 1 heterocycles. The van der Waals surface area contributed by atoms with Crippen molar-refractivity contribution in [2.24, 2.45) is 0 Å². The Bertz CT molecular complexity index is 553. The maximum Gasteiger partial charge on any atom is 0.146 e. The SMILES string of the molecule is ClCc1csc(CCOc2c(I)cc(I)cc2I)n1. The lowest BCUT2D eigenvalue weighted by Crippen LogP contribution is -2.04. The van der Waals surface area contributed by atoms with Gasteiger partial charge in [-0.1, -0.05) is 0 Å². The summed E-state index contributed by atoms with van der Waals surface area (Å²) in [5.74, 6) is 1.44. The van der Waals surface area contributed by atoms with Gasteiger partial charge in [-0.05, 0) is 79.9 Å². The minimum absolute atomic E-state index is 0.476. The van der Waals surface area contributed by atoms with E-state index in [0.29, 0.717) is 12.5 Å². The van der Waals surface area contributed by atoms with Gasteiger partial charge >= 0.3 is 0 Å². The summed E-state index contributed by atoms with van der Waals surface area (Å²) in [5.41, 5.74) is 0.945. The predicted molar refractivity (Wildman–Crippen MR) is 105 cm³/mol. The zero-order chi connectivity index (χ0) is 13.8. The topological polar surface area (TPSA) is 22.1 Å². The average Bonchev–Trinajstić information content (AvgIpc) is 2.80. The highest BCUT2D eigenvalue weighted by Crippen LogP contribution is 2.29. The molecule has 7 heteroatoms. The number of benzene rings is 1. The van der Waals surface area contributed by atoms with E-state index in [1.54, 1.807) is 11.3 Å². The van der Waals surface area contributed by atoms with Gasteiger partial charge in [-0.3, -0.25) is 0 Å². The van der Waals surface area contributed by atoms with Crippen LogP contribution in [0.1, 0.15) is 10.7 Å². The standard InChI is InChI=1S/C12H9ClI3NOS/c13-5-8-6-19-11(17-8)1-2-18-12-9(15)3-7(14)4-10(12)16/h3-4,6H,1-2,5H2. The minimum atomic E-state index is 0.476. The van der Waals surface area contributed by atoms with Crippen LogP contribution in [0.3, 0.4) is 0 Å². The summed E-state index contributed by atoms with van der Waals surface area (Å²) in [6, 6.07) is 4.24. The Morgan fingerprint density at radius 1 is 1.21 bits per heavy atom. The van der Waals surface area contributed by atoms with Gasteiger partial charge in [0.05, 0.1) is 30.3 Å². The average molecular weight is 631 g/mol. The molecule has 0 N–H and O–H groups in total. The molecule has 1 aromatic carbocycles. The van der Waals surface area contributed by atoms with E-state index < -0.39 is 0 Å².